The number of halogens is 1. The molecule has 0 amide bonds. The summed E-state index contributed by atoms with van der Waals surface area (Å²) in [5.41, 5.74) is 1.23. The topological polar surface area (TPSA) is 9.23 Å². The first-order valence-corrected chi connectivity index (χ1v) is 4.46. The second-order valence-electron chi connectivity index (χ2n) is 2.81. The molecule has 0 aliphatic heterocycles. The van der Waals surface area contributed by atoms with E-state index in [2.05, 4.69) is 13.0 Å². The SMILES string of the molecule is CCCCOCc1cc[c-]cc1.[Br-].[Mg+2]. The molecule has 0 aliphatic rings. The fourth-order valence-electron chi connectivity index (χ4n) is 0.954. The summed E-state index contributed by atoms with van der Waals surface area (Å²) in [4.78, 5) is 0. The van der Waals surface area contributed by atoms with Crippen LogP contribution in [-0.2, 0) is 11.3 Å². The van der Waals surface area contributed by atoms with Crippen molar-refractivity contribution in [3.05, 3.63) is 35.9 Å². The molecular formula is C11H15BrMgO. The Morgan fingerprint density at radius 3 is 2.50 bits per heavy atom. The first-order valence-electron chi connectivity index (χ1n) is 4.46. The molecule has 0 bridgehead atoms. The van der Waals surface area contributed by atoms with Crippen molar-refractivity contribution in [2.75, 3.05) is 6.61 Å². The Balaban J connectivity index is 0. The molecule has 0 N–H and O–H groups in total. The number of hydrogen-bond donors (Lipinski definition) is 0. The molecule has 74 valence electrons. The first kappa shape index (κ1) is 16.8. The Bertz CT molecular complexity index is 204. The van der Waals surface area contributed by atoms with Gasteiger partial charge >= 0.3 is 23.1 Å². The maximum atomic E-state index is 5.45. The third-order valence-corrected chi connectivity index (χ3v) is 1.70. The fourth-order valence-corrected chi connectivity index (χ4v) is 0.954. The third kappa shape index (κ3) is 7.80. The van der Waals surface area contributed by atoms with Crippen LogP contribution in [0.2, 0.25) is 0 Å². The molecule has 0 heterocycles. The number of benzene rings is 1. The minimum Gasteiger partial charge on any atom is -1.00 e. The van der Waals surface area contributed by atoms with Crippen molar-refractivity contribution in [2.45, 2.75) is 26.4 Å². The van der Waals surface area contributed by atoms with Crippen LogP contribution in [0.3, 0.4) is 0 Å². The van der Waals surface area contributed by atoms with Gasteiger partial charge in [-0.2, -0.15) is 30.3 Å². The standard InChI is InChI=1S/C11H15O.BrH.Mg/c1-2-3-9-12-10-11-7-5-4-6-8-11;;/h5-8H,2-3,9-10H2,1H3;1H;/q-1;;+2/p-1. The molecule has 0 fully saturated rings. The molecule has 1 nitrogen and oxygen atoms in total. The van der Waals surface area contributed by atoms with E-state index in [-0.39, 0.29) is 40.0 Å². The maximum absolute atomic E-state index is 5.45. The van der Waals surface area contributed by atoms with Crippen LogP contribution in [0.5, 0.6) is 0 Å². The molecular weight excluding hydrogens is 252 g/mol. The van der Waals surface area contributed by atoms with Gasteiger partial charge in [-0.3, -0.25) is 0 Å². The summed E-state index contributed by atoms with van der Waals surface area (Å²) in [6, 6.07) is 10.9. The van der Waals surface area contributed by atoms with Gasteiger partial charge in [0.15, 0.2) is 0 Å². The maximum Gasteiger partial charge on any atom is 2.00 e. The van der Waals surface area contributed by atoms with Crippen LogP contribution in [0.4, 0.5) is 0 Å². The van der Waals surface area contributed by atoms with Crippen LogP contribution < -0.4 is 17.0 Å². The third-order valence-electron chi connectivity index (χ3n) is 1.70. The van der Waals surface area contributed by atoms with Crippen molar-refractivity contribution in [3.8, 4) is 0 Å². The molecule has 1 aromatic rings. The van der Waals surface area contributed by atoms with E-state index in [9.17, 15) is 0 Å². The molecule has 0 radical (unpaired) electrons. The molecule has 0 atom stereocenters. The van der Waals surface area contributed by atoms with Crippen molar-refractivity contribution in [1.82, 2.24) is 0 Å². The summed E-state index contributed by atoms with van der Waals surface area (Å²) in [5, 5.41) is 0. The monoisotopic (exact) mass is 266 g/mol. The van der Waals surface area contributed by atoms with E-state index in [1.165, 1.54) is 12.0 Å². The second-order valence-corrected chi connectivity index (χ2v) is 2.81. The number of rotatable bonds is 5. The molecule has 0 saturated carbocycles. The minimum atomic E-state index is 0. The number of unbranched alkanes of at least 4 members (excludes halogenated alkanes) is 1. The van der Waals surface area contributed by atoms with Gasteiger partial charge in [0.2, 0.25) is 0 Å². The van der Waals surface area contributed by atoms with Gasteiger partial charge in [0.05, 0.1) is 0 Å². The van der Waals surface area contributed by atoms with Gasteiger partial charge in [0, 0.05) is 13.2 Å². The van der Waals surface area contributed by atoms with E-state index in [0.29, 0.717) is 0 Å². The zero-order valence-corrected chi connectivity index (χ0v) is 11.6. The van der Waals surface area contributed by atoms with Crippen molar-refractivity contribution in [3.63, 3.8) is 0 Å². The zero-order valence-electron chi connectivity index (χ0n) is 8.63. The minimum absolute atomic E-state index is 0. The first-order chi connectivity index (χ1) is 5.93. The van der Waals surface area contributed by atoms with Crippen molar-refractivity contribution in [1.29, 1.82) is 0 Å². The van der Waals surface area contributed by atoms with E-state index in [4.69, 9.17) is 4.74 Å². The average Bonchev–Trinajstić information content (AvgIpc) is 2.14. The molecule has 0 aromatic heterocycles. The van der Waals surface area contributed by atoms with Gasteiger partial charge in [-0.25, -0.2) is 0 Å². The van der Waals surface area contributed by atoms with Crippen LogP contribution in [0, 0.1) is 6.07 Å². The predicted octanol–water partition coefficient (Wildman–Crippen LogP) is -0.573. The zero-order chi connectivity index (χ0) is 8.65. The quantitative estimate of drug-likeness (QED) is 0.394. The second kappa shape index (κ2) is 11.5. The Morgan fingerprint density at radius 1 is 1.29 bits per heavy atom. The van der Waals surface area contributed by atoms with Crippen LogP contribution in [0.1, 0.15) is 25.3 Å². The van der Waals surface area contributed by atoms with Gasteiger partial charge in [0.1, 0.15) is 0 Å². The Kier molecular flexibility index (Phi) is 13.8. The molecule has 0 aliphatic carbocycles. The average molecular weight is 267 g/mol. The van der Waals surface area contributed by atoms with E-state index in [1.54, 1.807) is 0 Å². The van der Waals surface area contributed by atoms with Gasteiger partial charge in [0.25, 0.3) is 0 Å². The van der Waals surface area contributed by atoms with Crippen LogP contribution in [-0.4, -0.2) is 29.7 Å². The van der Waals surface area contributed by atoms with E-state index >= 15 is 0 Å². The van der Waals surface area contributed by atoms with Crippen LogP contribution in [0.25, 0.3) is 0 Å². The van der Waals surface area contributed by atoms with Crippen LogP contribution in [0.15, 0.2) is 24.3 Å². The Labute approximate surface area is 113 Å². The fraction of sp³-hybridized carbons (Fsp3) is 0.455. The van der Waals surface area contributed by atoms with Gasteiger partial charge in [-0.05, 0) is 6.42 Å². The van der Waals surface area contributed by atoms with E-state index in [1.807, 2.05) is 24.3 Å². The van der Waals surface area contributed by atoms with Crippen molar-refractivity contribution in [2.24, 2.45) is 0 Å². The summed E-state index contributed by atoms with van der Waals surface area (Å²) in [5.74, 6) is 0. The van der Waals surface area contributed by atoms with Crippen molar-refractivity contribution < 1.29 is 21.7 Å². The molecule has 0 unspecified atom stereocenters. The number of ether oxygens (including phenoxy) is 1. The molecule has 14 heavy (non-hydrogen) atoms. The Morgan fingerprint density at radius 2 is 1.93 bits per heavy atom. The van der Waals surface area contributed by atoms with E-state index < -0.39 is 0 Å². The van der Waals surface area contributed by atoms with Gasteiger partial charge in [-0.1, -0.05) is 13.3 Å². The van der Waals surface area contributed by atoms with Crippen molar-refractivity contribution >= 4 is 23.1 Å². The number of hydrogen-bond acceptors (Lipinski definition) is 1. The normalized spacial score (nSPS) is 8.64. The summed E-state index contributed by atoms with van der Waals surface area (Å²) in [7, 11) is 0. The Hall–Kier alpha value is 0.426. The summed E-state index contributed by atoms with van der Waals surface area (Å²) < 4.78 is 5.45. The summed E-state index contributed by atoms with van der Waals surface area (Å²) in [6.45, 7) is 3.77. The smallest absolute Gasteiger partial charge is 1.00 e. The molecule has 0 spiro atoms. The molecule has 1 rings (SSSR count). The van der Waals surface area contributed by atoms with Crippen LogP contribution >= 0.6 is 0 Å². The largest absolute Gasteiger partial charge is 2.00 e. The molecule has 0 saturated heterocycles. The van der Waals surface area contributed by atoms with E-state index in [0.717, 1.165) is 19.6 Å². The van der Waals surface area contributed by atoms with Gasteiger partial charge in [-0.15, -0.1) is 5.56 Å². The molecule has 3 heteroatoms. The summed E-state index contributed by atoms with van der Waals surface area (Å²) in [6.07, 6.45) is 2.35. The summed E-state index contributed by atoms with van der Waals surface area (Å²) >= 11 is 0. The molecule has 1 aromatic carbocycles. The van der Waals surface area contributed by atoms with Gasteiger partial charge < -0.3 is 21.7 Å². The predicted molar refractivity (Wildman–Crippen MR) is 55.6 cm³/mol.